The summed E-state index contributed by atoms with van der Waals surface area (Å²) in [5.74, 6) is 6.42. The highest BCUT2D eigenvalue weighted by Gasteiger charge is 2.10. The number of aryl methyl sites for hydroxylation is 2. The minimum absolute atomic E-state index is 0.0461. The molecule has 0 bridgehead atoms. The Morgan fingerprint density at radius 2 is 0.929 bits per heavy atom. The van der Waals surface area contributed by atoms with Crippen LogP contribution in [-0.2, 0) is 0 Å². The fourth-order valence-electron chi connectivity index (χ4n) is 2.49. The standard InChI is InChI=1S/C24H14F4/c1-15-3-5-17(6-4-15)7-9-20-23(27)13-18(14-24(20)28)8-10-19-21(25)11-16(2)12-22(19)26/h3-6,11-14H,1-2H3. The van der Waals surface area contributed by atoms with Crippen LogP contribution in [0.15, 0.2) is 48.5 Å². The molecule has 0 nitrogen and oxygen atoms in total. The fourth-order valence-corrected chi connectivity index (χ4v) is 2.49. The average molecular weight is 378 g/mol. The average Bonchev–Trinajstić information content (AvgIpc) is 2.61. The zero-order valence-corrected chi connectivity index (χ0v) is 15.1. The van der Waals surface area contributed by atoms with Crippen molar-refractivity contribution in [2.45, 2.75) is 13.8 Å². The van der Waals surface area contributed by atoms with Crippen molar-refractivity contribution in [2.75, 3.05) is 0 Å². The van der Waals surface area contributed by atoms with Gasteiger partial charge in [-0.3, -0.25) is 0 Å². The second-order valence-electron chi connectivity index (χ2n) is 6.28. The molecule has 0 aliphatic heterocycles. The van der Waals surface area contributed by atoms with Crippen molar-refractivity contribution in [3.8, 4) is 23.7 Å². The van der Waals surface area contributed by atoms with Gasteiger partial charge >= 0.3 is 0 Å². The molecule has 0 aliphatic rings. The Morgan fingerprint density at radius 1 is 0.500 bits per heavy atom. The molecule has 0 amide bonds. The minimum Gasteiger partial charge on any atom is -0.206 e. The molecule has 0 atom stereocenters. The number of rotatable bonds is 0. The molecule has 3 aromatic rings. The molecule has 138 valence electrons. The van der Waals surface area contributed by atoms with E-state index in [4.69, 9.17) is 0 Å². The van der Waals surface area contributed by atoms with E-state index in [1.807, 2.05) is 19.1 Å². The molecule has 0 spiro atoms. The van der Waals surface area contributed by atoms with E-state index in [9.17, 15) is 17.6 Å². The van der Waals surface area contributed by atoms with Crippen LogP contribution in [0.5, 0.6) is 0 Å². The van der Waals surface area contributed by atoms with Gasteiger partial charge in [-0.05, 0) is 55.8 Å². The Bertz CT molecular complexity index is 1120. The van der Waals surface area contributed by atoms with Crippen molar-refractivity contribution >= 4 is 0 Å². The Balaban J connectivity index is 1.93. The molecule has 0 saturated carbocycles. The van der Waals surface area contributed by atoms with E-state index in [1.165, 1.54) is 0 Å². The van der Waals surface area contributed by atoms with Crippen LogP contribution in [0.3, 0.4) is 0 Å². The molecule has 0 fully saturated rings. The van der Waals surface area contributed by atoms with Gasteiger partial charge in [0.05, 0.1) is 11.1 Å². The Labute approximate surface area is 160 Å². The molecule has 4 heteroatoms. The zero-order valence-electron chi connectivity index (χ0n) is 15.1. The fraction of sp³-hybridized carbons (Fsp3) is 0.0833. The Kier molecular flexibility index (Phi) is 5.52. The first-order valence-electron chi connectivity index (χ1n) is 8.39. The summed E-state index contributed by atoms with van der Waals surface area (Å²) in [4.78, 5) is 0. The van der Waals surface area contributed by atoms with Gasteiger partial charge in [-0.15, -0.1) is 0 Å². The molecule has 0 radical (unpaired) electrons. The van der Waals surface area contributed by atoms with Crippen molar-refractivity contribution in [3.63, 3.8) is 0 Å². The maximum atomic E-state index is 14.3. The van der Waals surface area contributed by atoms with Crippen molar-refractivity contribution < 1.29 is 17.6 Å². The normalized spacial score (nSPS) is 9.93. The van der Waals surface area contributed by atoms with E-state index in [1.54, 1.807) is 19.1 Å². The highest BCUT2D eigenvalue weighted by Crippen LogP contribution is 2.16. The van der Waals surface area contributed by atoms with Gasteiger partial charge in [0.2, 0.25) is 0 Å². The molecule has 0 unspecified atom stereocenters. The predicted octanol–water partition coefficient (Wildman–Crippen LogP) is 5.66. The summed E-state index contributed by atoms with van der Waals surface area (Å²) in [6.45, 7) is 3.47. The van der Waals surface area contributed by atoms with Gasteiger partial charge in [-0.2, -0.15) is 0 Å². The molecular weight excluding hydrogens is 364 g/mol. The van der Waals surface area contributed by atoms with Crippen LogP contribution in [0.25, 0.3) is 0 Å². The predicted molar refractivity (Wildman–Crippen MR) is 101 cm³/mol. The second kappa shape index (κ2) is 8.03. The number of halogens is 4. The van der Waals surface area contributed by atoms with Crippen LogP contribution < -0.4 is 0 Å². The van der Waals surface area contributed by atoms with Gasteiger partial charge in [0.1, 0.15) is 23.3 Å². The van der Waals surface area contributed by atoms with Crippen LogP contribution in [0.1, 0.15) is 33.4 Å². The quantitative estimate of drug-likeness (QED) is 0.350. The third-order valence-electron chi connectivity index (χ3n) is 3.94. The third-order valence-corrected chi connectivity index (χ3v) is 3.94. The molecule has 28 heavy (non-hydrogen) atoms. The monoisotopic (exact) mass is 378 g/mol. The summed E-state index contributed by atoms with van der Waals surface area (Å²) in [6.07, 6.45) is 0. The Morgan fingerprint density at radius 3 is 1.43 bits per heavy atom. The van der Waals surface area contributed by atoms with Gasteiger partial charge in [-0.25, -0.2) is 17.6 Å². The van der Waals surface area contributed by atoms with Crippen molar-refractivity contribution in [1.29, 1.82) is 0 Å². The summed E-state index contributed by atoms with van der Waals surface area (Å²) >= 11 is 0. The molecule has 0 saturated heterocycles. The van der Waals surface area contributed by atoms with Crippen molar-refractivity contribution in [2.24, 2.45) is 0 Å². The highest BCUT2D eigenvalue weighted by molar-refractivity contribution is 5.50. The van der Waals surface area contributed by atoms with E-state index in [2.05, 4.69) is 23.7 Å². The molecular formula is C24H14F4. The van der Waals surface area contributed by atoms with Crippen LogP contribution in [-0.4, -0.2) is 0 Å². The van der Waals surface area contributed by atoms with Crippen LogP contribution in [0.2, 0.25) is 0 Å². The third kappa shape index (κ3) is 4.42. The largest absolute Gasteiger partial charge is 0.206 e. The smallest absolute Gasteiger partial charge is 0.143 e. The molecule has 0 aromatic heterocycles. The van der Waals surface area contributed by atoms with Gasteiger partial charge < -0.3 is 0 Å². The lowest BCUT2D eigenvalue weighted by atomic mass is 10.1. The summed E-state index contributed by atoms with van der Waals surface area (Å²) in [5.41, 5.74) is 1.20. The number of hydrogen-bond acceptors (Lipinski definition) is 0. The maximum Gasteiger partial charge on any atom is 0.143 e. The second-order valence-corrected chi connectivity index (χ2v) is 6.28. The van der Waals surface area contributed by atoms with Crippen LogP contribution >= 0.6 is 0 Å². The van der Waals surface area contributed by atoms with Crippen molar-refractivity contribution in [1.82, 2.24) is 0 Å². The first-order chi connectivity index (χ1) is 13.3. The summed E-state index contributed by atoms with van der Waals surface area (Å²) in [5, 5.41) is 0. The Hall–Kier alpha value is -3.50. The van der Waals surface area contributed by atoms with E-state index in [0.29, 0.717) is 11.1 Å². The minimum atomic E-state index is -0.895. The van der Waals surface area contributed by atoms with Gasteiger partial charge in [0.15, 0.2) is 0 Å². The lowest BCUT2D eigenvalue weighted by Gasteiger charge is -2.00. The first-order valence-corrected chi connectivity index (χ1v) is 8.39. The zero-order chi connectivity index (χ0) is 20.3. The molecule has 3 aromatic carbocycles. The molecule has 0 N–H and O–H groups in total. The summed E-state index contributed by atoms with van der Waals surface area (Å²) < 4.78 is 56.1. The van der Waals surface area contributed by atoms with E-state index >= 15 is 0 Å². The van der Waals surface area contributed by atoms with E-state index in [0.717, 1.165) is 29.8 Å². The first kappa shape index (κ1) is 19.3. The van der Waals surface area contributed by atoms with Gasteiger partial charge in [-0.1, -0.05) is 41.4 Å². The maximum absolute atomic E-state index is 14.3. The van der Waals surface area contributed by atoms with Crippen molar-refractivity contribution in [3.05, 3.63) is 105 Å². The SMILES string of the molecule is Cc1ccc(C#Cc2c(F)cc(C#Cc3c(F)cc(C)cc3F)cc2F)cc1. The summed E-state index contributed by atoms with van der Waals surface area (Å²) in [6, 6.07) is 11.4. The molecule has 0 aliphatic carbocycles. The summed E-state index contributed by atoms with van der Waals surface area (Å²) in [7, 11) is 0. The topological polar surface area (TPSA) is 0 Å². The van der Waals surface area contributed by atoms with Gasteiger partial charge in [0, 0.05) is 11.1 Å². The lowest BCUT2D eigenvalue weighted by molar-refractivity contribution is 0.575. The van der Waals surface area contributed by atoms with Gasteiger partial charge in [0.25, 0.3) is 0 Å². The lowest BCUT2D eigenvalue weighted by Crippen LogP contribution is -1.94. The van der Waals surface area contributed by atoms with E-state index < -0.39 is 28.8 Å². The molecule has 0 heterocycles. The number of benzene rings is 3. The van der Waals surface area contributed by atoms with E-state index in [-0.39, 0.29) is 11.1 Å². The highest BCUT2D eigenvalue weighted by atomic mass is 19.1. The molecule has 3 rings (SSSR count). The van der Waals surface area contributed by atoms with Crippen LogP contribution in [0, 0.1) is 60.8 Å². The number of hydrogen-bond donors (Lipinski definition) is 0. The van der Waals surface area contributed by atoms with Crippen LogP contribution in [0.4, 0.5) is 17.6 Å².